The lowest BCUT2D eigenvalue weighted by Gasteiger charge is -2.47. The first-order valence-corrected chi connectivity index (χ1v) is 19.6. The Balaban J connectivity index is 1.35. The largest absolute Gasteiger partial charge is 0.484 e. The Bertz CT molecular complexity index is 1950. The Morgan fingerprint density at radius 1 is 0.843 bits per heavy atom. The molecule has 2 saturated heterocycles. The Labute approximate surface area is 301 Å². The monoisotopic (exact) mass is 725 g/mol. The topological polar surface area (TPSA) is 122 Å². The average Bonchev–Trinajstić information content (AvgIpc) is 3.70. The molecule has 0 aromatic heterocycles. The number of ether oxygens (including phenoxy) is 2. The van der Waals surface area contributed by atoms with E-state index in [1.807, 2.05) is 78.6 Å². The number of nitrogens with zero attached hydrogens (tertiary/aromatic N) is 2. The lowest BCUT2D eigenvalue weighted by atomic mass is 10.0. The van der Waals surface area contributed by atoms with Crippen LogP contribution in [-0.4, -0.2) is 67.1 Å². The smallest absolute Gasteiger partial charge is 0.357 e. The van der Waals surface area contributed by atoms with Gasteiger partial charge in [-0.15, -0.1) is 0 Å². The van der Waals surface area contributed by atoms with E-state index in [2.05, 4.69) is 5.32 Å². The molecule has 264 valence electrons. The molecule has 12 heteroatoms. The van der Waals surface area contributed by atoms with E-state index in [-0.39, 0.29) is 10.6 Å². The first-order chi connectivity index (χ1) is 24.6. The zero-order valence-electron chi connectivity index (χ0n) is 28.3. The van der Waals surface area contributed by atoms with Crippen molar-refractivity contribution in [2.24, 2.45) is 0 Å². The third kappa shape index (κ3) is 8.29. The summed E-state index contributed by atoms with van der Waals surface area (Å²) in [7, 11) is -3.58. The van der Waals surface area contributed by atoms with Gasteiger partial charge in [0.25, 0.3) is 11.8 Å². The van der Waals surface area contributed by atoms with E-state index < -0.39 is 50.8 Å². The summed E-state index contributed by atoms with van der Waals surface area (Å²) in [4.78, 5) is 45.0. The van der Waals surface area contributed by atoms with Crippen molar-refractivity contribution in [3.05, 3.63) is 143 Å². The summed E-state index contributed by atoms with van der Waals surface area (Å²) in [5.41, 5.74) is 2.74. The van der Waals surface area contributed by atoms with Crippen LogP contribution in [0.4, 0.5) is 0 Å². The minimum Gasteiger partial charge on any atom is -0.484 e. The van der Waals surface area contributed by atoms with Gasteiger partial charge in [-0.2, -0.15) is 0 Å². The number of para-hydroxylation sites is 1. The minimum absolute atomic E-state index is 0.0347. The summed E-state index contributed by atoms with van der Waals surface area (Å²) < 4.78 is 39.6. The summed E-state index contributed by atoms with van der Waals surface area (Å²) in [6.45, 7) is 4.50. The van der Waals surface area contributed by atoms with Crippen LogP contribution in [0.3, 0.4) is 0 Å². The lowest BCUT2D eigenvalue weighted by Crippen LogP contribution is -2.70. The number of likely N-dealkylation sites (tertiary alicyclic amines) is 2. The number of nitrogens with one attached hydrogen (secondary N) is 1. The van der Waals surface area contributed by atoms with Crippen LogP contribution in [0.15, 0.2) is 132 Å². The molecule has 4 aromatic carbocycles. The number of carbonyl (C=O) groups excluding carboxylic acids is 3. The van der Waals surface area contributed by atoms with Gasteiger partial charge in [0.05, 0.1) is 4.90 Å². The van der Waals surface area contributed by atoms with E-state index in [0.29, 0.717) is 35.3 Å². The van der Waals surface area contributed by atoms with Gasteiger partial charge in [0, 0.05) is 29.6 Å². The first-order valence-electron chi connectivity index (χ1n) is 16.7. The van der Waals surface area contributed by atoms with E-state index in [1.165, 1.54) is 17.0 Å². The van der Waals surface area contributed by atoms with Crippen LogP contribution in [0.2, 0.25) is 0 Å². The molecule has 2 unspecified atom stereocenters. The van der Waals surface area contributed by atoms with Crippen LogP contribution in [-0.2, 0) is 28.0 Å². The molecule has 0 aliphatic carbocycles. The van der Waals surface area contributed by atoms with Crippen LogP contribution >= 0.6 is 10.8 Å². The maximum atomic E-state index is 14.5. The molecule has 4 aromatic rings. The molecule has 6 rings (SSSR count). The average molecular weight is 726 g/mol. The molecule has 0 bridgehead atoms. The van der Waals surface area contributed by atoms with Crippen LogP contribution in [0.5, 0.6) is 5.75 Å². The fraction of sp³-hybridized carbons (Fsp3) is 0.256. The molecule has 0 saturated carbocycles. The highest BCUT2D eigenvalue weighted by molar-refractivity contribution is 8.72. The standard InChI is InChI=1S/C39H39N3O7S2/c1-27-20-22-32(23-21-27)51(46,47)50-38-34(40-33(43)26-48-31-18-10-5-11-19-31)37(44)42(38)35(28(2)41-24-12-13-25-41)39(45)49-36(29-14-6-3-7-15-29)30-16-8-4-9-17-30/h3-11,14-23,34,36,38H,12-13,24-26H2,1-2H3,(H,40,43). The van der Waals surface area contributed by atoms with Gasteiger partial charge in [-0.1, -0.05) is 96.6 Å². The highest BCUT2D eigenvalue weighted by Gasteiger charge is 2.55. The number of allylic oxidation sites excluding steroid dienone is 1. The number of esters is 1. The first kappa shape index (κ1) is 35.7. The highest BCUT2D eigenvalue weighted by atomic mass is 33.1. The van der Waals surface area contributed by atoms with Crippen LogP contribution in [0.1, 0.15) is 42.6 Å². The van der Waals surface area contributed by atoms with E-state index in [0.717, 1.165) is 29.5 Å². The number of amides is 2. The number of carbonyl (C=O) groups is 3. The number of rotatable bonds is 13. The molecule has 2 aliphatic heterocycles. The van der Waals surface area contributed by atoms with E-state index in [1.54, 1.807) is 43.3 Å². The van der Waals surface area contributed by atoms with Crippen molar-refractivity contribution in [3.8, 4) is 5.75 Å². The molecule has 2 amide bonds. The SMILES string of the molecule is CC(=C(C(=O)OC(c1ccccc1)c1ccccc1)N1C(=O)C(NC(=O)COc2ccccc2)C1SS(=O)(=O)c1ccc(C)cc1)N1CCCC1. The second-order valence-electron chi connectivity index (χ2n) is 12.3. The second kappa shape index (κ2) is 15.9. The summed E-state index contributed by atoms with van der Waals surface area (Å²) in [6, 6.07) is 32.4. The Morgan fingerprint density at radius 2 is 1.39 bits per heavy atom. The third-order valence-corrected chi connectivity index (χ3v) is 12.5. The molecular formula is C39H39N3O7S2. The van der Waals surface area contributed by atoms with Crippen LogP contribution < -0.4 is 10.1 Å². The Morgan fingerprint density at radius 3 is 1.96 bits per heavy atom. The van der Waals surface area contributed by atoms with Gasteiger partial charge >= 0.3 is 5.97 Å². The molecule has 2 atom stereocenters. The van der Waals surface area contributed by atoms with Crippen LogP contribution in [0, 0.1) is 6.92 Å². The van der Waals surface area contributed by atoms with E-state index in [4.69, 9.17) is 9.47 Å². The van der Waals surface area contributed by atoms with Crippen molar-refractivity contribution in [1.82, 2.24) is 15.1 Å². The maximum Gasteiger partial charge on any atom is 0.357 e. The number of aryl methyl sites for hydroxylation is 1. The molecule has 51 heavy (non-hydrogen) atoms. The second-order valence-corrected chi connectivity index (χ2v) is 16.3. The minimum atomic E-state index is -4.08. The summed E-state index contributed by atoms with van der Waals surface area (Å²) >= 11 is 0. The van der Waals surface area contributed by atoms with Crippen LogP contribution in [0.25, 0.3) is 0 Å². The van der Waals surface area contributed by atoms with Crippen molar-refractivity contribution in [1.29, 1.82) is 0 Å². The normalized spacial score (nSPS) is 17.8. The molecule has 0 spiro atoms. The van der Waals surface area contributed by atoms with Crippen molar-refractivity contribution >= 4 is 37.4 Å². The predicted molar refractivity (Wildman–Crippen MR) is 195 cm³/mol. The zero-order chi connectivity index (χ0) is 36.0. The summed E-state index contributed by atoms with van der Waals surface area (Å²) in [5, 5.41) is 1.47. The number of hydrogen-bond donors (Lipinski definition) is 1. The third-order valence-electron chi connectivity index (χ3n) is 8.79. The predicted octanol–water partition coefficient (Wildman–Crippen LogP) is 5.81. The van der Waals surface area contributed by atoms with Gasteiger partial charge in [-0.25, -0.2) is 13.2 Å². The van der Waals surface area contributed by atoms with Gasteiger partial charge < -0.3 is 19.7 Å². The van der Waals surface area contributed by atoms with E-state index >= 15 is 0 Å². The molecule has 2 heterocycles. The van der Waals surface area contributed by atoms with Crippen molar-refractivity contribution in [2.75, 3.05) is 19.7 Å². The number of hydrogen-bond acceptors (Lipinski definition) is 9. The lowest BCUT2D eigenvalue weighted by molar-refractivity contribution is -0.154. The number of benzene rings is 4. The maximum absolute atomic E-state index is 14.5. The summed E-state index contributed by atoms with van der Waals surface area (Å²) in [6.07, 6.45) is 0.972. The Hall–Kier alpha value is -5.07. The fourth-order valence-electron chi connectivity index (χ4n) is 6.07. The van der Waals surface area contributed by atoms with Gasteiger partial charge in [0.2, 0.25) is 8.87 Å². The molecular weight excluding hydrogens is 687 g/mol. The van der Waals surface area contributed by atoms with Gasteiger partial charge in [-0.3, -0.25) is 14.5 Å². The van der Waals surface area contributed by atoms with Crippen molar-refractivity contribution in [2.45, 2.75) is 49.1 Å². The zero-order valence-corrected chi connectivity index (χ0v) is 29.9. The van der Waals surface area contributed by atoms with Gasteiger partial charge in [0.1, 0.15) is 22.9 Å². The van der Waals surface area contributed by atoms with Crippen molar-refractivity contribution in [3.63, 3.8) is 0 Å². The molecule has 10 nitrogen and oxygen atoms in total. The quantitative estimate of drug-likeness (QED) is 0.0788. The van der Waals surface area contributed by atoms with Gasteiger partial charge in [-0.05, 0) is 62.1 Å². The Kier molecular flexibility index (Phi) is 11.1. The highest BCUT2D eigenvalue weighted by Crippen LogP contribution is 2.42. The molecule has 2 aliphatic rings. The summed E-state index contributed by atoms with van der Waals surface area (Å²) in [5.74, 6) is -1.59. The van der Waals surface area contributed by atoms with Crippen molar-refractivity contribution < 1.29 is 32.3 Å². The molecule has 0 radical (unpaired) electrons. The molecule has 2 fully saturated rings. The van der Waals surface area contributed by atoms with E-state index in [9.17, 15) is 22.8 Å². The van der Waals surface area contributed by atoms with Gasteiger partial charge in [0.15, 0.2) is 12.7 Å². The number of β-lactam (4-membered cyclic amide) rings is 1. The molecule has 1 N–H and O–H groups in total. The fourth-order valence-corrected chi connectivity index (χ4v) is 9.54.